The Morgan fingerprint density at radius 1 is 1.08 bits per heavy atom. The van der Waals surface area contributed by atoms with Crippen molar-refractivity contribution in [3.05, 3.63) is 89.1 Å². The number of ether oxygens (including phenoxy) is 1. The van der Waals surface area contributed by atoms with Gasteiger partial charge in [0.05, 0.1) is 13.3 Å². The molecule has 4 nitrogen and oxygen atoms in total. The van der Waals surface area contributed by atoms with E-state index in [-0.39, 0.29) is 0 Å². The number of methoxy groups -OCH3 is 1. The van der Waals surface area contributed by atoms with Crippen molar-refractivity contribution < 1.29 is 14.4 Å². The summed E-state index contributed by atoms with van der Waals surface area (Å²) >= 11 is 6.02. The van der Waals surface area contributed by atoms with Crippen molar-refractivity contribution in [1.82, 2.24) is 0 Å². The molecule has 0 spiro atoms. The molecule has 5 heteroatoms. The van der Waals surface area contributed by atoms with Gasteiger partial charge in [0.2, 0.25) is 0 Å². The van der Waals surface area contributed by atoms with Crippen LogP contribution >= 0.6 is 11.6 Å². The van der Waals surface area contributed by atoms with E-state index in [1.807, 2.05) is 77.5 Å². The van der Waals surface area contributed by atoms with Crippen molar-refractivity contribution in [2.45, 2.75) is 12.3 Å². The lowest BCUT2D eigenvalue weighted by molar-refractivity contribution is -0.770. The zero-order valence-corrected chi connectivity index (χ0v) is 15.2. The molecule has 1 atom stereocenters. The van der Waals surface area contributed by atoms with Crippen LogP contribution in [0.3, 0.4) is 0 Å². The molecule has 2 heterocycles. The van der Waals surface area contributed by atoms with E-state index in [4.69, 9.17) is 16.3 Å². The summed E-state index contributed by atoms with van der Waals surface area (Å²) in [6.45, 7) is 1.16. The number of pyridine rings is 1. The molecule has 0 bridgehead atoms. The van der Waals surface area contributed by atoms with Gasteiger partial charge in [-0.3, -0.25) is 0 Å². The first-order valence-electron chi connectivity index (χ1n) is 8.47. The molecule has 0 saturated heterocycles. The number of benzene rings is 2. The fourth-order valence-electron chi connectivity index (χ4n) is 3.46. The van der Waals surface area contributed by atoms with E-state index >= 15 is 0 Å². The van der Waals surface area contributed by atoms with Crippen LogP contribution < -0.4 is 14.2 Å². The third-order valence-corrected chi connectivity index (χ3v) is 5.06. The molecule has 1 N–H and O–H groups in total. The maximum atomic E-state index is 11.5. The average Bonchev–Trinajstić information content (AvgIpc) is 2.96. The van der Waals surface area contributed by atoms with Gasteiger partial charge in [0, 0.05) is 16.7 Å². The second-order valence-corrected chi connectivity index (χ2v) is 6.89. The second kappa shape index (κ2) is 6.63. The zero-order valence-electron chi connectivity index (χ0n) is 14.5. The van der Waals surface area contributed by atoms with Gasteiger partial charge < -0.3 is 9.84 Å². The van der Waals surface area contributed by atoms with Crippen LogP contribution in [0.1, 0.15) is 11.1 Å². The Balaban J connectivity index is 1.68. The van der Waals surface area contributed by atoms with Gasteiger partial charge in [-0.05, 0) is 35.9 Å². The number of anilines is 1. The van der Waals surface area contributed by atoms with Gasteiger partial charge >= 0.3 is 0 Å². The minimum absolute atomic E-state index is 0.463. The number of nitrogens with zero attached hydrogens (tertiary/aromatic N) is 2. The lowest BCUT2D eigenvalue weighted by atomic mass is 10.0. The molecule has 1 unspecified atom stereocenters. The third kappa shape index (κ3) is 2.91. The number of aromatic nitrogens is 1. The molecule has 1 aliphatic heterocycles. The number of hydrogen-bond acceptors (Lipinski definition) is 3. The molecule has 2 aromatic carbocycles. The largest absolute Gasteiger partial charge is 0.497 e. The first-order chi connectivity index (χ1) is 12.6. The van der Waals surface area contributed by atoms with Crippen LogP contribution in [0.2, 0.25) is 5.02 Å². The molecule has 3 aromatic rings. The predicted octanol–water partition coefficient (Wildman–Crippen LogP) is 3.35. The van der Waals surface area contributed by atoms with E-state index < -0.39 is 5.72 Å². The molecule has 4 rings (SSSR count). The van der Waals surface area contributed by atoms with Gasteiger partial charge in [-0.15, -0.1) is 0 Å². The Bertz CT molecular complexity index is 912. The van der Waals surface area contributed by atoms with E-state index in [1.165, 1.54) is 0 Å². The number of fused-ring (bicyclic) bond motifs is 1. The summed E-state index contributed by atoms with van der Waals surface area (Å²) in [7, 11) is 1.66. The van der Waals surface area contributed by atoms with Crippen molar-refractivity contribution in [3.63, 3.8) is 0 Å². The van der Waals surface area contributed by atoms with E-state index in [9.17, 15) is 5.11 Å². The van der Waals surface area contributed by atoms with Gasteiger partial charge in [-0.2, -0.15) is 4.57 Å². The standard InChI is InChI=1S/C21H20ClN2O2/c1-26-19-11-5-16(6-12-19)14-23-15-21(25,17-7-9-18(22)10-8-17)24-13-3-2-4-20(23)24/h2-13,25H,14-15H2,1H3/q+1. The number of β-amino-alcohol motifs (C(OH)–C–C–N with tert-alkyl or cyclic N) is 1. The smallest absolute Gasteiger partial charge is 0.279 e. The van der Waals surface area contributed by atoms with Gasteiger partial charge in [-0.1, -0.05) is 41.9 Å². The van der Waals surface area contributed by atoms with Crippen LogP contribution in [0.5, 0.6) is 5.75 Å². The Kier molecular flexibility index (Phi) is 4.31. The molecule has 0 aliphatic carbocycles. The number of aliphatic hydroxyl groups is 1. The summed E-state index contributed by atoms with van der Waals surface area (Å²) in [6.07, 6.45) is 1.91. The van der Waals surface area contributed by atoms with E-state index in [2.05, 4.69) is 4.90 Å². The summed E-state index contributed by atoms with van der Waals surface area (Å²) in [6, 6.07) is 21.3. The number of rotatable bonds is 4. The summed E-state index contributed by atoms with van der Waals surface area (Å²) in [4.78, 5) is 2.18. The topological polar surface area (TPSA) is 36.6 Å². The highest BCUT2D eigenvalue weighted by Gasteiger charge is 2.49. The van der Waals surface area contributed by atoms with Gasteiger partial charge in [0.1, 0.15) is 12.3 Å². The van der Waals surface area contributed by atoms with Gasteiger partial charge in [-0.25, -0.2) is 4.90 Å². The molecule has 0 amide bonds. The summed E-state index contributed by atoms with van der Waals surface area (Å²) in [5.74, 6) is 1.81. The lowest BCUT2D eigenvalue weighted by Crippen LogP contribution is -2.55. The van der Waals surface area contributed by atoms with Crippen LogP contribution in [0, 0.1) is 0 Å². The maximum absolute atomic E-state index is 11.5. The van der Waals surface area contributed by atoms with Gasteiger partial charge in [0.25, 0.3) is 11.5 Å². The summed E-state index contributed by atoms with van der Waals surface area (Å²) in [5, 5.41) is 12.2. The molecule has 1 aromatic heterocycles. The molecular weight excluding hydrogens is 348 g/mol. The van der Waals surface area contributed by atoms with E-state index in [1.54, 1.807) is 7.11 Å². The third-order valence-electron chi connectivity index (χ3n) is 4.81. The first kappa shape index (κ1) is 16.9. The number of halogens is 1. The molecule has 132 valence electrons. The molecule has 0 saturated carbocycles. The monoisotopic (exact) mass is 367 g/mol. The minimum Gasteiger partial charge on any atom is -0.497 e. The first-order valence-corrected chi connectivity index (χ1v) is 8.85. The Hall–Kier alpha value is -2.56. The predicted molar refractivity (Wildman–Crippen MR) is 101 cm³/mol. The number of hydrogen-bond donors (Lipinski definition) is 1. The lowest BCUT2D eigenvalue weighted by Gasteiger charge is -2.20. The van der Waals surface area contributed by atoms with Crippen LogP contribution in [0.4, 0.5) is 5.82 Å². The van der Waals surface area contributed by atoms with Crippen LogP contribution in [0.15, 0.2) is 72.9 Å². The molecule has 1 aliphatic rings. The zero-order chi connectivity index (χ0) is 18.1. The SMILES string of the molecule is COc1ccc(CN2CC(O)(c3ccc(Cl)cc3)[n+]3ccccc32)cc1. The van der Waals surface area contributed by atoms with Crippen LogP contribution in [0.25, 0.3) is 0 Å². The van der Waals surface area contributed by atoms with Crippen molar-refractivity contribution in [2.75, 3.05) is 18.6 Å². The van der Waals surface area contributed by atoms with E-state index in [0.29, 0.717) is 18.1 Å². The van der Waals surface area contributed by atoms with Crippen molar-refractivity contribution in [1.29, 1.82) is 0 Å². The van der Waals surface area contributed by atoms with Crippen molar-refractivity contribution in [3.8, 4) is 5.75 Å². The van der Waals surface area contributed by atoms with Crippen molar-refractivity contribution >= 4 is 17.4 Å². The van der Waals surface area contributed by atoms with Crippen molar-refractivity contribution in [2.24, 2.45) is 0 Å². The Labute approximate surface area is 157 Å². The highest BCUT2D eigenvalue weighted by atomic mass is 35.5. The van der Waals surface area contributed by atoms with E-state index in [0.717, 1.165) is 22.7 Å². The molecule has 26 heavy (non-hydrogen) atoms. The maximum Gasteiger partial charge on any atom is 0.279 e. The van der Waals surface area contributed by atoms with Crippen LogP contribution in [-0.4, -0.2) is 18.8 Å². The summed E-state index contributed by atoms with van der Waals surface area (Å²) < 4.78 is 7.14. The normalized spacial score (nSPS) is 18.7. The average molecular weight is 368 g/mol. The molecular formula is C21H20ClN2O2+. The second-order valence-electron chi connectivity index (χ2n) is 6.46. The quantitative estimate of drug-likeness (QED) is 0.718. The minimum atomic E-state index is -1.13. The van der Waals surface area contributed by atoms with Crippen LogP contribution in [-0.2, 0) is 12.3 Å². The fourth-order valence-corrected chi connectivity index (χ4v) is 3.59. The fraction of sp³-hybridized carbons (Fsp3) is 0.190. The highest BCUT2D eigenvalue weighted by Crippen LogP contribution is 2.31. The highest BCUT2D eigenvalue weighted by molar-refractivity contribution is 6.30. The Morgan fingerprint density at radius 2 is 1.81 bits per heavy atom. The molecule has 0 radical (unpaired) electrons. The summed E-state index contributed by atoms with van der Waals surface area (Å²) in [5.41, 5.74) is 0.839. The molecule has 0 fully saturated rings. The van der Waals surface area contributed by atoms with Gasteiger partial charge in [0.15, 0.2) is 6.54 Å². The Morgan fingerprint density at radius 3 is 2.50 bits per heavy atom.